The number of nitrogens with zero attached hydrogens (tertiary/aromatic N) is 2. The molecule has 0 unspecified atom stereocenters. The van der Waals surface area contributed by atoms with Crippen LogP contribution >= 0.6 is 0 Å². The van der Waals surface area contributed by atoms with Crippen molar-refractivity contribution < 1.29 is 4.79 Å². The molecule has 0 aliphatic rings. The Hall–Kier alpha value is -2.62. The van der Waals surface area contributed by atoms with Crippen LogP contribution in [-0.2, 0) is 7.05 Å². The van der Waals surface area contributed by atoms with Crippen LogP contribution in [0.3, 0.4) is 0 Å². The average molecular weight is 279 g/mol. The Morgan fingerprint density at radius 3 is 2.62 bits per heavy atom. The van der Waals surface area contributed by atoms with Crippen molar-refractivity contribution in [3.05, 3.63) is 59.4 Å². The number of hydrogen-bond donors (Lipinski definition) is 1. The molecule has 0 saturated heterocycles. The second-order valence-corrected chi connectivity index (χ2v) is 5.27. The molecule has 0 atom stereocenters. The summed E-state index contributed by atoms with van der Waals surface area (Å²) in [4.78, 5) is 16.8. The number of amides is 1. The number of hydrogen-bond acceptors (Lipinski definition) is 2. The number of anilines is 1. The summed E-state index contributed by atoms with van der Waals surface area (Å²) in [5.74, 6) is 0.439. The Morgan fingerprint density at radius 1 is 1.14 bits per heavy atom. The van der Waals surface area contributed by atoms with Crippen LogP contribution in [0.25, 0.3) is 10.9 Å². The first kappa shape index (κ1) is 13.4. The second kappa shape index (κ2) is 5.05. The summed E-state index contributed by atoms with van der Waals surface area (Å²) in [6.07, 6.45) is 0. The Morgan fingerprint density at radius 2 is 1.90 bits per heavy atom. The van der Waals surface area contributed by atoms with E-state index in [1.807, 2.05) is 67.9 Å². The second-order valence-electron chi connectivity index (χ2n) is 5.27. The van der Waals surface area contributed by atoms with E-state index in [0.717, 1.165) is 22.2 Å². The van der Waals surface area contributed by atoms with Gasteiger partial charge in [-0.3, -0.25) is 4.79 Å². The van der Waals surface area contributed by atoms with Crippen molar-refractivity contribution in [2.45, 2.75) is 13.8 Å². The lowest BCUT2D eigenvalue weighted by Crippen LogP contribution is -2.16. The highest BCUT2D eigenvalue weighted by atomic mass is 16.2. The minimum absolute atomic E-state index is 0.147. The zero-order valence-electron chi connectivity index (χ0n) is 12.3. The van der Waals surface area contributed by atoms with Gasteiger partial charge in [-0.1, -0.05) is 18.2 Å². The Balaban J connectivity index is 1.95. The molecule has 0 aliphatic heterocycles. The topological polar surface area (TPSA) is 46.9 Å². The maximum absolute atomic E-state index is 12.5. The first-order valence-electron chi connectivity index (χ1n) is 6.86. The molecule has 0 saturated carbocycles. The SMILES string of the molecule is Cc1cc(C)nc(NC(=O)c2cc3ccccc3n2C)c1. The maximum Gasteiger partial charge on any atom is 0.273 e. The third kappa shape index (κ3) is 2.52. The third-order valence-corrected chi connectivity index (χ3v) is 3.52. The minimum Gasteiger partial charge on any atom is -0.340 e. The zero-order valence-corrected chi connectivity index (χ0v) is 12.3. The number of rotatable bonds is 2. The quantitative estimate of drug-likeness (QED) is 0.781. The van der Waals surface area contributed by atoms with Crippen molar-refractivity contribution in [1.29, 1.82) is 0 Å². The van der Waals surface area contributed by atoms with E-state index >= 15 is 0 Å². The summed E-state index contributed by atoms with van der Waals surface area (Å²) in [5, 5.41) is 3.92. The van der Waals surface area contributed by atoms with E-state index in [9.17, 15) is 4.79 Å². The number of carbonyl (C=O) groups is 1. The molecule has 4 nitrogen and oxygen atoms in total. The largest absolute Gasteiger partial charge is 0.340 e. The van der Waals surface area contributed by atoms with E-state index in [2.05, 4.69) is 10.3 Å². The molecule has 3 aromatic rings. The highest BCUT2D eigenvalue weighted by Crippen LogP contribution is 2.19. The smallest absolute Gasteiger partial charge is 0.273 e. The van der Waals surface area contributed by atoms with Gasteiger partial charge in [0.25, 0.3) is 5.91 Å². The fourth-order valence-corrected chi connectivity index (χ4v) is 2.59. The van der Waals surface area contributed by atoms with E-state index in [0.29, 0.717) is 11.5 Å². The third-order valence-electron chi connectivity index (χ3n) is 3.52. The van der Waals surface area contributed by atoms with Gasteiger partial charge in [0.1, 0.15) is 11.5 Å². The number of aromatic nitrogens is 2. The maximum atomic E-state index is 12.5. The number of fused-ring (bicyclic) bond motifs is 1. The molecule has 1 amide bonds. The summed E-state index contributed by atoms with van der Waals surface area (Å²) < 4.78 is 1.90. The lowest BCUT2D eigenvalue weighted by Gasteiger charge is -2.07. The van der Waals surface area contributed by atoms with Crippen molar-refractivity contribution in [2.75, 3.05) is 5.32 Å². The molecule has 2 aromatic heterocycles. The Labute approximate surface area is 123 Å². The van der Waals surface area contributed by atoms with Crippen LogP contribution in [0, 0.1) is 13.8 Å². The number of pyridine rings is 1. The average Bonchev–Trinajstić information content (AvgIpc) is 2.76. The van der Waals surface area contributed by atoms with Crippen molar-refractivity contribution in [3.8, 4) is 0 Å². The predicted octanol–water partition coefficient (Wildman–Crippen LogP) is 3.44. The molecule has 21 heavy (non-hydrogen) atoms. The van der Waals surface area contributed by atoms with Gasteiger partial charge < -0.3 is 9.88 Å². The van der Waals surface area contributed by atoms with Crippen molar-refractivity contribution >= 4 is 22.6 Å². The molecule has 0 aliphatic carbocycles. The van der Waals surface area contributed by atoms with Crippen LogP contribution in [0.2, 0.25) is 0 Å². The van der Waals surface area contributed by atoms with Crippen LogP contribution in [0.5, 0.6) is 0 Å². The summed E-state index contributed by atoms with van der Waals surface area (Å²) in [6.45, 7) is 3.90. The summed E-state index contributed by atoms with van der Waals surface area (Å²) >= 11 is 0. The molecular formula is C17H17N3O. The summed E-state index contributed by atoms with van der Waals surface area (Å²) in [7, 11) is 1.90. The molecule has 1 N–H and O–H groups in total. The van der Waals surface area contributed by atoms with Crippen molar-refractivity contribution in [1.82, 2.24) is 9.55 Å². The molecule has 3 rings (SSSR count). The number of aryl methyl sites for hydroxylation is 3. The van der Waals surface area contributed by atoms with Gasteiger partial charge in [-0.25, -0.2) is 4.98 Å². The van der Waals surface area contributed by atoms with Crippen LogP contribution in [0.4, 0.5) is 5.82 Å². The molecule has 0 bridgehead atoms. The predicted molar refractivity (Wildman–Crippen MR) is 84.6 cm³/mol. The van der Waals surface area contributed by atoms with E-state index in [1.54, 1.807) is 0 Å². The molecule has 106 valence electrons. The molecule has 1 aromatic carbocycles. The lowest BCUT2D eigenvalue weighted by molar-refractivity contribution is 0.101. The van der Waals surface area contributed by atoms with Crippen LogP contribution in [-0.4, -0.2) is 15.5 Å². The number of carbonyl (C=O) groups excluding carboxylic acids is 1. The molecule has 0 radical (unpaired) electrons. The van der Waals surface area contributed by atoms with Crippen LogP contribution in [0.1, 0.15) is 21.7 Å². The number of para-hydroxylation sites is 1. The Kier molecular flexibility index (Phi) is 3.22. The van der Waals surface area contributed by atoms with E-state index in [1.165, 1.54) is 0 Å². The fraction of sp³-hybridized carbons (Fsp3) is 0.176. The molecule has 4 heteroatoms. The van der Waals surface area contributed by atoms with Crippen LogP contribution in [0.15, 0.2) is 42.5 Å². The van der Waals surface area contributed by atoms with Gasteiger partial charge >= 0.3 is 0 Å². The molecule has 0 fully saturated rings. The van der Waals surface area contributed by atoms with Crippen molar-refractivity contribution in [2.24, 2.45) is 7.05 Å². The first-order chi connectivity index (χ1) is 10.0. The molecule has 0 spiro atoms. The van der Waals surface area contributed by atoms with Crippen molar-refractivity contribution in [3.63, 3.8) is 0 Å². The highest BCUT2D eigenvalue weighted by molar-refractivity contribution is 6.06. The van der Waals surface area contributed by atoms with E-state index in [-0.39, 0.29) is 5.91 Å². The number of nitrogens with one attached hydrogen (secondary N) is 1. The van der Waals surface area contributed by atoms with Gasteiger partial charge in [0, 0.05) is 23.6 Å². The first-order valence-corrected chi connectivity index (χ1v) is 6.86. The van der Waals surface area contributed by atoms with Gasteiger partial charge in [-0.15, -0.1) is 0 Å². The standard InChI is InChI=1S/C17H17N3O/c1-11-8-12(2)18-16(9-11)19-17(21)15-10-13-6-4-5-7-14(13)20(15)3/h4-10H,1-3H3,(H,18,19,21). The van der Waals surface area contributed by atoms with E-state index < -0.39 is 0 Å². The highest BCUT2D eigenvalue weighted by Gasteiger charge is 2.13. The Bertz CT molecular complexity index is 813. The fourth-order valence-electron chi connectivity index (χ4n) is 2.59. The van der Waals surface area contributed by atoms with Gasteiger partial charge in [-0.2, -0.15) is 0 Å². The van der Waals surface area contributed by atoms with Crippen LogP contribution < -0.4 is 5.32 Å². The lowest BCUT2D eigenvalue weighted by atomic mass is 10.2. The number of benzene rings is 1. The minimum atomic E-state index is -0.147. The summed E-state index contributed by atoms with van der Waals surface area (Å²) in [6, 6.07) is 13.7. The van der Waals surface area contributed by atoms with E-state index in [4.69, 9.17) is 0 Å². The monoisotopic (exact) mass is 279 g/mol. The molecular weight excluding hydrogens is 262 g/mol. The summed E-state index contributed by atoms with van der Waals surface area (Å²) in [5.41, 5.74) is 3.63. The van der Waals surface area contributed by atoms with Gasteiger partial charge in [0.2, 0.25) is 0 Å². The van der Waals surface area contributed by atoms with Gasteiger partial charge in [-0.05, 0) is 43.7 Å². The molecule has 2 heterocycles. The normalized spacial score (nSPS) is 10.8. The van der Waals surface area contributed by atoms with Gasteiger partial charge in [0.05, 0.1) is 0 Å². The van der Waals surface area contributed by atoms with Gasteiger partial charge in [0.15, 0.2) is 0 Å². The zero-order chi connectivity index (χ0) is 15.0.